The summed E-state index contributed by atoms with van der Waals surface area (Å²) >= 11 is 0. The second-order valence-electron chi connectivity index (χ2n) is 4.19. The molecule has 0 aromatic rings. The molecule has 1 heterocycles. The highest BCUT2D eigenvalue weighted by molar-refractivity contribution is 4.85. The SMILES string of the molecule is CCNCC1(COCC(F)(F)F)CCOC1. The van der Waals surface area contributed by atoms with Crippen molar-refractivity contribution in [2.24, 2.45) is 5.41 Å². The van der Waals surface area contributed by atoms with Crippen LogP contribution in [0.25, 0.3) is 0 Å². The predicted octanol–water partition coefficient (Wildman–Crippen LogP) is 1.58. The number of nitrogens with one attached hydrogen (secondary N) is 1. The molecule has 1 fully saturated rings. The quantitative estimate of drug-likeness (QED) is 0.766. The summed E-state index contributed by atoms with van der Waals surface area (Å²) in [6, 6.07) is 0. The lowest BCUT2D eigenvalue weighted by molar-refractivity contribution is -0.180. The molecule has 0 saturated carbocycles. The Morgan fingerprint density at radius 1 is 1.44 bits per heavy atom. The third kappa shape index (κ3) is 4.67. The zero-order valence-electron chi connectivity index (χ0n) is 9.40. The van der Waals surface area contributed by atoms with Gasteiger partial charge in [-0.1, -0.05) is 6.92 Å². The van der Waals surface area contributed by atoms with Gasteiger partial charge in [0, 0.05) is 18.6 Å². The summed E-state index contributed by atoms with van der Waals surface area (Å²) in [6.07, 6.45) is -3.50. The van der Waals surface area contributed by atoms with E-state index in [0.29, 0.717) is 19.8 Å². The molecule has 1 aliphatic rings. The maximum absolute atomic E-state index is 11.9. The van der Waals surface area contributed by atoms with Crippen molar-refractivity contribution < 1.29 is 22.6 Å². The van der Waals surface area contributed by atoms with Gasteiger partial charge >= 0.3 is 6.18 Å². The van der Waals surface area contributed by atoms with Crippen LogP contribution in [0.4, 0.5) is 13.2 Å². The lowest BCUT2D eigenvalue weighted by atomic mass is 9.88. The van der Waals surface area contributed by atoms with Crippen molar-refractivity contribution in [2.75, 3.05) is 39.5 Å². The first kappa shape index (κ1) is 13.7. The Hall–Kier alpha value is -0.330. The standard InChI is InChI=1S/C10H18F3NO2/c1-2-14-5-9(3-4-15-6-9)7-16-8-10(11,12)13/h14H,2-8H2,1H3. The van der Waals surface area contributed by atoms with Crippen LogP contribution in [0.5, 0.6) is 0 Å². The Morgan fingerprint density at radius 2 is 2.19 bits per heavy atom. The number of hydrogen-bond donors (Lipinski definition) is 1. The minimum absolute atomic E-state index is 0.0967. The first-order valence-corrected chi connectivity index (χ1v) is 5.40. The van der Waals surface area contributed by atoms with Crippen molar-refractivity contribution in [3.63, 3.8) is 0 Å². The zero-order valence-corrected chi connectivity index (χ0v) is 9.40. The maximum atomic E-state index is 11.9. The molecule has 0 spiro atoms. The van der Waals surface area contributed by atoms with E-state index in [-0.39, 0.29) is 12.0 Å². The largest absolute Gasteiger partial charge is 0.411 e. The van der Waals surface area contributed by atoms with Gasteiger partial charge in [0.1, 0.15) is 6.61 Å². The van der Waals surface area contributed by atoms with Gasteiger partial charge in [-0.05, 0) is 13.0 Å². The molecule has 1 N–H and O–H groups in total. The van der Waals surface area contributed by atoms with Gasteiger partial charge in [-0.15, -0.1) is 0 Å². The Kier molecular flexibility index (Phi) is 5.01. The average Bonchev–Trinajstić information content (AvgIpc) is 2.62. The highest BCUT2D eigenvalue weighted by atomic mass is 19.4. The third-order valence-electron chi connectivity index (χ3n) is 2.61. The molecular formula is C10H18F3NO2. The summed E-state index contributed by atoms with van der Waals surface area (Å²) in [5.74, 6) is 0. The van der Waals surface area contributed by atoms with E-state index < -0.39 is 12.8 Å². The third-order valence-corrected chi connectivity index (χ3v) is 2.61. The molecule has 0 amide bonds. The van der Waals surface area contributed by atoms with Gasteiger partial charge < -0.3 is 14.8 Å². The number of hydrogen-bond acceptors (Lipinski definition) is 3. The second kappa shape index (κ2) is 5.84. The van der Waals surface area contributed by atoms with Crippen LogP contribution in [0.2, 0.25) is 0 Å². The molecular weight excluding hydrogens is 223 g/mol. The van der Waals surface area contributed by atoms with Crippen molar-refractivity contribution in [2.45, 2.75) is 19.5 Å². The maximum Gasteiger partial charge on any atom is 0.411 e. The minimum atomic E-state index is -4.25. The first-order chi connectivity index (χ1) is 7.47. The number of halogens is 3. The lowest BCUT2D eigenvalue weighted by Gasteiger charge is -2.27. The summed E-state index contributed by atoms with van der Waals surface area (Å²) in [5, 5.41) is 3.14. The topological polar surface area (TPSA) is 30.5 Å². The molecule has 0 bridgehead atoms. The molecule has 0 aromatic heterocycles. The van der Waals surface area contributed by atoms with Gasteiger partial charge in [-0.2, -0.15) is 13.2 Å². The molecule has 1 saturated heterocycles. The van der Waals surface area contributed by atoms with Crippen LogP contribution in [0, 0.1) is 5.41 Å². The van der Waals surface area contributed by atoms with E-state index in [1.54, 1.807) is 0 Å². The van der Waals surface area contributed by atoms with Gasteiger partial charge in [0.15, 0.2) is 0 Å². The molecule has 1 unspecified atom stereocenters. The van der Waals surface area contributed by atoms with Crippen molar-refractivity contribution in [3.8, 4) is 0 Å². The minimum Gasteiger partial charge on any atom is -0.381 e. The van der Waals surface area contributed by atoms with Gasteiger partial charge in [0.25, 0.3) is 0 Å². The predicted molar refractivity (Wildman–Crippen MR) is 53.3 cm³/mol. The zero-order chi connectivity index (χ0) is 12.1. The van der Waals surface area contributed by atoms with E-state index in [9.17, 15) is 13.2 Å². The number of rotatable bonds is 6. The molecule has 6 heteroatoms. The fourth-order valence-electron chi connectivity index (χ4n) is 1.73. The van der Waals surface area contributed by atoms with E-state index in [0.717, 1.165) is 13.0 Å². The second-order valence-corrected chi connectivity index (χ2v) is 4.19. The Balaban J connectivity index is 2.33. The molecule has 1 atom stereocenters. The van der Waals surface area contributed by atoms with Crippen LogP contribution in [-0.4, -0.2) is 45.7 Å². The Labute approximate surface area is 93.3 Å². The van der Waals surface area contributed by atoms with Gasteiger partial charge in [0.2, 0.25) is 0 Å². The summed E-state index contributed by atoms with van der Waals surface area (Å²) in [4.78, 5) is 0. The van der Waals surface area contributed by atoms with E-state index in [4.69, 9.17) is 9.47 Å². The first-order valence-electron chi connectivity index (χ1n) is 5.40. The molecule has 96 valence electrons. The number of alkyl halides is 3. The van der Waals surface area contributed by atoms with Crippen molar-refractivity contribution in [1.29, 1.82) is 0 Å². The van der Waals surface area contributed by atoms with E-state index in [2.05, 4.69) is 5.32 Å². The molecule has 16 heavy (non-hydrogen) atoms. The molecule has 0 aliphatic carbocycles. The summed E-state index contributed by atoms with van der Waals surface area (Å²) < 4.78 is 45.8. The monoisotopic (exact) mass is 241 g/mol. The van der Waals surface area contributed by atoms with Gasteiger partial charge in [-0.25, -0.2) is 0 Å². The smallest absolute Gasteiger partial charge is 0.381 e. The van der Waals surface area contributed by atoms with E-state index in [1.165, 1.54) is 0 Å². The fraction of sp³-hybridized carbons (Fsp3) is 1.00. The van der Waals surface area contributed by atoms with Crippen LogP contribution in [0.3, 0.4) is 0 Å². The van der Waals surface area contributed by atoms with E-state index >= 15 is 0 Å². The lowest BCUT2D eigenvalue weighted by Crippen LogP contribution is -2.39. The van der Waals surface area contributed by atoms with Crippen LogP contribution in [0.1, 0.15) is 13.3 Å². The molecule has 1 rings (SSSR count). The normalized spacial score (nSPS) is 26.2. The molecule has 0 aromatic carbocycles. The molecule has 0 radical (unpaired) electrons. The van der Waals surface area contributed by atoms with Crippen molar-refractivity contribution >= 4 is 0 Å². The summed E-state index contributed by atoms with van der Waals surface area (Å²) in [5.41, 5.74) is -0.290. The van der Waals surface area contributed by atoms with E-state index in [1.807, 2.05) is 6.92 Å². The molecule has 3 nitrogen and oxygen atoms in total. The van der Waals surface area contributed by atoms with Gasteiger partial charge in [0.05, 0.1) is 13.2 Å². The van der Waals surface area contributed by atoms with Crippen molar-refractivity contribution in [1.82, 2.24) is 5.32 Å². The van der Waals surface area contributed by atoms with Crippen molar-refractivity contribution in [3.05, 3.63) is 0 Å². The summed E-state index contributed by atoms with van der Waals surface area (Å²) in [7, 11) is 0. The average molecular weight is 241 g/mol. The summed E-state index contributed by atoms with van der Waals surface area (Å²) in [6.45, 7) is 3.38. The molecule has 1 aliphatic heterocycles. The number of ether oxygens (including phenoxy) is 2. The Bertz CT molecular complexity index is 203. The van der Waals surface area contributed by atoms with Crippen LogP contribution in [-0.2, 0) is 9.47 Å². The Morgan fingerprint density at radius 3 is 2.69 bits per heavy atom. The highest BCUT2D eigenvalue weighted by Gasteiger charge is 2.36. The van der Waals surface area contributed by atoms with Crippen LogP contribution in [0.15, 0.2) is 0 Å². The van der Waals surface area contributed by atoms with Crippen LogP contribution < -0.4 is 5.32 Å². The van der Waals surface area contributed by atoms with Crippen LogP contribution >= 0.6 is 0 Å². The highest BCUT2D eigenvalue weighted by Crippen LogP contribution is 2.29. The van der Waals surface area contributed by atoms with Gasteiger partial charge in [-0.3, -0.25) is 0 Å². The fourth-order valence-corrected chi connectivity index (χ4v) is 1.73.